The Hall–Kier alpha value is -1.76. The van der Waals surface area contributed by atoms with Gasteiger partial charge in [-0.2, -0.15) is 0 Å². The van der Waals surface area contributed by atoms with E-state index < -0.39 is 11.6 Å². The maximum atomic E-state index is 12.2. The van der Waals surface area contributed by atoms with Crippen molar-refractivity contribution in [1.29, 1.82) is 0 Å². The number of nitrogens with zero attached hydrogens (tertiary/aromatic N) is 2. The van der Waals surface area contributed by atoms with E-state index >= 15 is 0 Å². The second kappa shape index (κ2) is 7.86. The molecule has 144 valence electrons. The second-order valence-electron chi connectivity index (χ2n) is 7.71. The quantitative estimate of drug-likeness (QED) is 0.780. The van der Waals surface area contributed by atoms with E-state index in [1.165, 1.54) is 0 Å². The molecule has 1 aliphatic rings. The SMILES string of the molecule is Cc1c(C(=O)O)cc(Br)cc1N(C)C1CCN(C(=O)OC(C)(C)C)CC1. The first-order valence-electron chi connectivity index (χ1n) is 8.74. The van der Waals surface area contributed by atoms with Gasteiger partial charge in [0.1, 0.15) is 5.60 Å². The molecule has 1 amide bonds. The molecular formula is C19H27BrN2O4. The van der Waals surface area contributed by atoms with Crippen molar-refractivity contribution in [3.8, 4) is 0 Å². The fraction of sp³-hybridized carbons (Fsp3) is 0.579. The molecule has 0 bridgehead atoms. The van der Waals surface area contributed by atoms with Gasteiger partial charge in [0.15, 0.2) is 0 Å². The van der Waals surface area contributed by atoms with Crippen molar-refractivity contribution in [2.75, 3.05) is 25.0 Å². The highest BCUT2D eigenvalue weighted by molar-refractivity contribution is 9.10. The first-order valence-corrected chi connectivity index (χ1v) is 9.53. The third-order valence-corrected chi connectivity index (χ3v) is 5.08. The van der Waals surface area contributed by atoms with Crippen LogP contribution < -0.4 is 4.90 Å². The predicted molar refractivity (Wildman–Crippen MR) is 105 cm³/mol. The maximum absolute atomic E-state index is 12.2. The number of ether oxygens (including phenoxy) is 1. The Kier molecular flexibility index (Phi) is 6.21. The van der Waals surface area contributed by atoms with E-state index in [-0.39, 0.29) is 12.1 Å². The van der Waals surface area contributed by atoms with Crippen LogP contribution in [0.25, 0.3) is 0 Å². The predicted octanol–water partition coefficient (Wildman–Crippen LogP) is 4.29. The molecule has 0 atom stereocenters. The highest BCUT2D eigenvalue weighted by Crippen LogP contribution is 2.31. The number of likely N-dealkylation sites (tertiary alicyclic amines) is 1. The van der Waals surface area contributed by atoms with Crippen LogP contribution in [-0.2, 0) is 4.74 Å². The maximum Gasteiger partial charge on any atom is 0.410 e. The molecule has 2 rings (SSSR count). The first-order chi connectivity index (χ1) is 12.0. The smallest absolute Gasteiger partial charge is 0.410 e. The Bertz CT molecular complexity index is 692. The van der Waals surface area contributed by atoms with E-state index in [0.29, 0.717) is 18.7 Å². The molecule has 1 heterocycles. The van der Waals surface area contributed by atoms with Gasteiger partial charge in [0.05, 0.1) is 5.56 Å². The van der Waals surface area contributed by atoms with E-state index in [9.17, 15) is 14.7 Å². The summed E-state index contributed by atoms with van der Waals surface area (Å²) in [6.07, 6.45) is 1.35. The van der Waals surface area contributed by atoms with Crippen LogP contribution in [0.5, 0.6) is 0 Å². The molecule has 1 aromatic rings. The Labute approximate surface area is 163 Å². The molecule has 1 fully saturated rings. The summed E-state index contributed by atoms with van der Waals surface area (Å²) in [5.41, 5.74) is 1.45. The summed E-state index contributed by atoms with van der Waals surface area (Å²) < 4.78 is 6.18. The van der Waals surface area contributed by atoms with Gasteiger partial charge in [-0.3, -0.25) is 0 Å². The topological polar surface area (TPSA) is 70.1 Å². The first kappa shape index (κ1) is 20.6. The second-order valence-corrected chi connectivity index (χ2v) is 8.63. The van der Waals surface area contributed by atoms with Crippen molar-refractivity contribution in [3.63, 3.8) is 0 Å². The van der Waals surface area contributed by atoms with Gasteiger partial charge in [0, 0.05) is 36.3 Å². The molecule has 7 heteroatoms. The molecule has 1 N–H and O–H groups in total. The van der Waals surface area contributed by atoms with E-state index in [0.717, 1.165) is 28.6 Å². The van der Waals surface area contributed by atoms with Crippen molar-refractivity contribution in [1.82, 2.24) is 4.90 Å². The number of rotatable bonds is 3. The van der Waals surface area contributed by atoms with Crippen LogP contribution in [0.2, 0.25) is 0 Å². The molecule has 1 aliphatic heterocycles. The average molecular weight is 427 g/mol. The van der Waals surface area contributed by atoms with Crippen molar-refractivity contribution < 1.29 is 19.4 Å². The molecule has 1 saturated heterocycles. The van der Waals surface area contributed by atoms with Gasteiger partial charge in [0.2, 0.25) is 0 Å². The summed E-state index contributed by atoms with van der Waals surface area (Å²) in [6, 6.07) is 3.81. The number of carbonyl (C=O) groups excluding carboxylic acids is 1. The number of carboxylic acid groups (broad SMARTS) is 1. The number of aromatic carboxylic acids is 1. The van der Waals surface area contributed by atoms with Crippen LogP contribution >= 0.6 is 15.9 Å². The molecule has 1 aromatic carbocycles. The molecule has 0 aromatic heterocycles. The van der Waals surface area contributed by atoms with Gasteiger partial charge in [-0.1, -0.05) is 15.9 Å². The fourth-order valence-electron chi connectivity index (χ4n) is 3.21. The Morgan fingerprint density at radius 3 is 2.35 bits per heavy atom. The third-order valence-electron chi connectivity index (χ3n) is 4.62. The minimum atomic E-state index is -0.932. The van der Waals surface area contributed by atoms with E-state index in [2.05, 4.69) is 20.8 Å². The summed E-state index contributed by atoms with van der Waals surface area (Å²) in [5.74, 6) is -0.932. The van der Waals surface area contributed by atoms with Crippen molar-refractivity contribution in [2.45, 2.75) is 52.2 Å². The minimum Gasteiger partial charge on any atom is -0.478 e. The molecule has 26 heavy (non-hydrogen) atoms. The standard InChI is InChI=1S/C19H27BrN2O4/c1-12-15(17(23)24)10-13(20)11-16(12)21(5)14-6-8-22(9-7-14)18(25)26-19(2,3)4/h10-11,14H,6-9H2,1-5H3,(H,23,24). The molecule has 6 nitrogen and oxygen atoms in total. The summed E-state index contributed by atoms with van der Waals surface area (Å²) in [4.78, 5) is 27.5. The largest absolute Gasteiger partial charge is 0.478 e. The van der Waals surface area contributed by atoms with Crippen LogP contribution in [0.15, 0.2) is 16.6 Å². The Morgan fingerprint density at radius 1 is 1.27 bits per heavy atom. The number of amides is 1. The number of hydrogen-bond donors (Lipinski definition) is 1. The number of hydrogen-bond acceptors (Lipinski definition) is 4. The van der Waals surface area contributed by atoms with Gasteiger partial charge in [0.25, 0.3) is 0 Å². The summed E-state index contributed by atoms with van der Waals surface area (Å²) in [6.45, 7) is 8.67. The van der Waals surface area contributed by atoms with Crippen molar-refractivity contribution in [3.05, 3.63) is 27.7 Å². The van der Waals surface area contributed by atoms with E-state index in [4.69, 9.17) is 4.74 Å². The highest BCUT2D eigenvalue weighted by Gasteiger charge is 2.29. The molecular weight excluding hydrogens is 400 g/mol. The fourth-order valence-corrected chi connectivity index (χ4v) is 3.66. The zero-order valence-electron chi connectivity index (χ0n) is 16.0. The van der Waals surface area contributed by atoms with Gasteiger partial charge in [-0.05, 0) is 58.2 Å². The van der Waals surface area contributed by atoms with Crippen LogP contribution in [0.1, 0.15) is 49.5 Å². The summed E-state index contributed by atoms with van der Waals surface area (Å²) >= 11 is 3.40. The number of piperidine rings is 1. The van der Waals surface area contributed by atoms with E-state index in [1.807, 2.05) is 40.8 Å². The molecule has 0 spiro atoms. The number of carboxylic acids is 1. The number of benzene rings is 1. The lowest BCUT2D eigenvalue weighted by Gasteiger charge is -2.39. The Balaban J connectivity index is 2.08. The minimum absolute atomic E-state index is 0.239. The lowest BCUT2D eigenvalue weighted by atomic mass is 10.0. The molecule has 0 saturated carbocycles. The van der Waals surface area contributed by atoms with Gasteiger partial charge >= 0.3 is 12.1 Å². The molecule has 0 aliphatic carbocycles. The summed E-state index contributed by atoms with van der Waals surface area (Å²) in [5, 5.41) is 9.40. The van der Waals surface area contributed by atoms with Crippen molar-refractivity contribution in [2.24, 2.45) is 0 Å². The van der Waals surface area contributed by atoms with Crippen molar-refractivity contribution >= 4 is 33.7 Å². The zero-order valence-corrected chi connectivity index (χ0v) is 17.6. The van der Waals surface area contributed by atoms with Crippen LogP contribution in [0.4, 0.5) is 10.5 Å². The normalized spacial score (nSPS) is 15.7. The van der Waals surface area contributed by atoms with Crippen LogP contribution in [0, 0.1) is 6.92 Å². The highest BCUT2D eigenvalue weighted by atomic mass is 79.9. The van der Waals surface area contributed by atoms with Crippen LogP contribution in [0.3, 0.4) is 0 Å². The van der Waals surface area contributed by atoms with Gasteiger partial charge in [-0.25, -0.2) is 9.59 Å². The number of carbonyl (C=O) groups is 2. The number of halogens is 1. The van der Waals surface area contributed by atoms with E-state index in [1.54, 1.807) is 11.0 Å². The van der Waals surface area contributed by atoms with Gasteiger partial charge < -0.3 is 19.6 Å². The molecule has 0 radical (unpaired) electrons. The average Bonchev–Trinajstić information content (AvgIpc) is 2.54. The molecule has 0 unspecified atom stereocenters. The summed E-state index contributed by atoms with van der Waals surface area (Å²) in [7, 11) is 1.98. The number of anilines is 1. The van der Waals surface area contributed by atoms with Crippen LogP contribution in [-0.4, -0.2) is 53.8 Å². The lowest BCUT2D eigenvalue weighted by Crippen LogP contribution is -2.47. The monoisotopic (exact) mass is 426 g/mol. The Morgan fingerprint density at radius 2 is 1.85 bits per heavy atom. The lowest BCUT2D eigenvalue weighted by molar-refractivity contribution is 0.0205. The third kappa shape index (κ3) is 4.90. The zero-order chi connectivity index (χ0) is 19.6. The van der Waals surface area contributed by atoms with Gasteiger partial charge in [-0.15, -0.1) is 0 Å².